The fourth-order valence-corrected chi connectivity index (χ4v) is 2.76. The summed E-state index contributed by atoms with van der Waals surface area (Å²) in [6, 6.07) is 6.18. The highest BCUT2D eigenvalue weighted by Crippen LogP contribution is 2.20. The number of rotatable bonds is 5. The van der Waals surface area contributed by atoms with E-state index in [4.69, 9.17) is 10.5 Å². The first kappa shape index (κ1) is 15.8. The second kappa shape index (κ2) is 8.03. The molecule has 0 bridgehead atoms. The van der Waals surface area contributed by atoms with Gasteiger partial charge in [0.25, 0.3) is 5.91 Å². The first-order valence-electron chi connectivity index (χ1n) is 7.91. The van der Waals surface area contributed by atoms with E-state index in [0.717, 1.165) is 29.7 Å². The van der Waals surface area contributed by atoms with Gasteiger partial charge in [0.15, 0.2) is 6.61 Å². The van der Waals surface area contributed by atoms with Crippen LogP contribution in [0.1, 0.15) is 49.7 Å². The van der Waals surface area contributed by atoms with Gasteiger partial charge in [0.1, 0.15) is 5.75 Å². The molecule has 0 atom stereocenters. The van der Waals surface area contributed by atoms with Crippen molar-refractivity contribution in [3.8, 4) is 5.75 Å². The molecule has 2 rings (SSSR count). The summed E-state index contributed by atoms with van der Waals surface area (Å²) in [7, 11) is 0. The van der Waals surface area contributed by atoms with Gasteiger partial charge in [-0.25, -0.2) is 0 Å². The normalized spacial score (nSPS) is 16.3. The van der Waals surface area contributed by atoms with Crippen molar-refractivity contribution in [3.63, 3.8) is 0 Å². The average Bonchev–Trinajstić information content (AvgIpc) is 2.75. The lowest BCUT2D eigenvalue weighted by molar-refractivity contribution is -0.123. The molecule has 0 spiro atoms. The van der Waals surface area contributed by atoms with Crippen LogP contribution in [0.2, 0.25) is 0 Å². The minimum Gasteiger partial charge on any atom is -0.483 e. The van der Waals surface area contributed by atoms with Crippen molar-refractivity contribution < 1.29 is 9.53 Å². The van der Waals surface area contributed by atoms with Crippen molar-refractivity contribution in [2.24, 2.45) is 5.73 Å². The van der Waals surface area contributed by atoms with E-state index in [1.54, 1.807) is 0 Å². The Morgan fingerprint density at radius 3 is 2.67 bits per heavy atom. The molecule has 1 aliphatic rings. The summed E-state index contributed by atoms with van der Waals surface area (Å²) in [5, 5.41) is 3.09. The van der Waals surface area contributed by atoms with E-state index in [9.17, 15) is 4.79 Å². The first-order chi connectivity index (χ1) is 10.2. The molecular weight excluding hydrogens is 264 g/mol. The molecule has 0 aliphatic heterocycles. The van der Waals surface area contributed by atoms with E-state index in [2.05, 4.69) is 5.32 Å². The van der Waals surface area contributed by atoms with Crippen LogP contribution in [-0.4, -0.2) is 18.6 Å². The largest absolute Gasteiger partial charge is 0.483 e. The minimum atomic E-state index is -0.0283. The fraction of sp³-hybridized carbons (Fsp3) is 0.588. The van der Waals surface area contributed by atoms with Crippen molar-refractivity contribution in [1.29, 1.82) is 0 Å². The predicted octanol–water partition coefficient (Wildman–Crippen LogP) is 2.67. The van der Waals surface area contributed by atoms with Crippen LogP contribution in [0.5, 0.6) is 5.75 Å². The predicted molar refractivity (Wildman–Crippen MR) is 84.2 cm³/mol. The zero-order valence-corrected chi connectivity index (χ0v) is 12.9. The van der Waals surface area contributed by atoms with Gasteiger partial charge in [-0.3, -0.25) is 4.79 Å². The van der Waals surface area contributed by atoms with Gasteiger partial charge in [-0.1, -0.05) is 37.8 Å². The summed E-state index contributed by atoms with van der Waals surface area (Å²) in [4.78, 5) is 12.0. The van der Waals surface area contributed by atoms with Crippen molar-refractivity contribution in [2.45, 2.75) is 58.0 Å². The van der Waals surface area contributed by atoms with Crippen LogP contribution in [0.4, 0.5) is 0 Å². The Morgan fingerprint density at radius 1 is 1.29 bits per heavy atom. The van der Waals surface area contributed by atoms with Gasteiger partial charge in [0.2, 0.25) is 0 Å². The first-order valence-corrected chi connectivity index (χ1v) is 7.91. The van der Waals surface area contributed by atoms with E-state index in [-0.39, 0.29) is 12.5 Å². The van der Waals surface area contributed by atoms with Gasteiger partial charge in [0, 0.05) is 12.6 Å². The van der Waals surface area contributed by atoms with Crippen molar-refractivity contribution in [3.05, 3.63) is 29.3 Å². The summed E-state index contributed by atoms with van der Waals surface area (Å²) in [6.45, 7) is 2.52. The molecule has 0 unspecified atom stereocenters. The molecule has 1 aromatic rings. The van der Waals surface area contributed by atoms with Gasteiger partial charge >= 0.3 is 0 Å². The fourth-order valence-electron chi connectivity index (χ4n) is 2.76. The third kappa shape index (κ3) is 5.05. The average molecular weight is 290 g/mol. The lowest BCUT2D eigenvalue weighted by Gasteiger charge is -2.17. The molecule has 0 radical (unpaired) electrons. The van der Waals surface area contributed by atoms with E-state index >= 15 is 0 Å². The van der Waals surface area contributed by atoms with E-state index in [1.165, 1.54) is 25.7 Å². The quantitative estimate of drug-likeness (QED) is 0.819. The SMILES string of the molecule is Cc1ccc(CN)cc1OCC(=O)NC1CCCCCC1. The zero-order valence-electron chi connectivity index (χ0n) is 12.9. The molecule has 0 aromatic heterocycles. The summed E-state index contributed by atoms with van der Waals surface area (Å²) in [5.74, 6) is 0.716. The molecule has 0 saturated heterocycles. The Morgan fingerprint density at radius 2 is 2.00 bits per heavy atom. The van der Waals surface area contributed by atoms with E-state index < -0.39 is 0 Å². The third-order valence-corrected chi connectivity index (χ3v) is 4.07. The molecule has 3 N–H and O–H groups in total. The summed E-state index contributed by atoms with van der Waals surface area (Å²) >= 11 is 0. The number of carbonyl (C=O) groups is 1. The second-order valence-electron chi connectivity index (χ2n) is 5.85. The summed E-state index contributed by atoms with van der Waals surface area (Å²) in [5.41, 5.74) is 7.66. The number of ether oxygens (including phenoxy) is 1. The molecule has 4 heteroatoms. The van der Waals surface area contributed by atoms with Crippen molar-refractivity contribution in [2.75, 3.05) is 6.61 Å². The number of hydrogen-bond donors (Lipinski definition) is 2. The maximum atomic E-state index is 12.0. The van der Waals surface area contributed by atoms with Gasteiger partial charge < -0.3 is 15.8 Å². The number of hydrogen-bond acceptors (Lipinski definition) is 3. The van der Waals surface area contributed by atoms with Crippen LogP contribution in [0.3, 0.4) is 0 Å². The van der Waals surface area contributed by atoms with Crippen LogP contribution in [0, 0.1) is 6.92 Å². The van der Waals surface area contributed by atoms with Crippen LogP contribution in [-0.2, 0) is 11.3 Å². The highest BCUT2D eigenvalue weighted by atomic mass is 16.5. The van der Waals surface area contributed by atoms with Crippen LogP contribution in [0.25, 0.3) is 0 Å². The zero-order chi connectivity index (χ0) is 15.1. The maximum Gasteiger partial charge on any atom is 0.258 e. The Bertz CT molecular complexity index is 466. The third-order valence-electron chi connectivity index (χ3n) is 4.07. The number of nitrogens with two attached hydrogens (primary N) is 1. The molecular formula is C17H26N2O2. The Hall–Kier alpha value is -1.55. The second-order valence-corrected chi connectivity index (χ2v) is 5.85. The molecule has 1 aromatic carbocycles. The Labute approximate surface area is 127 Å². The highest BCUT2D eigenvalue weighted by molar-refractivity contribution is 5.77. The lowest BCUT2D eigenvalue weighted by Crippen LogP contribution is -2.37. The summed E-state index contributed by atoms with van der Waals surface area (Å²) in [6.07, 6.45) is 7.18. The molecule has 4 nitrogen and oxygen atoms in total. The van der Waals surface area contributed by atoms with Gasteiger partial charge in [-0.2, -0.15) is 0 Å². The number of carbonyl (C=O) groups excluding carboxylic acids is 1. The Kier molecular flexibility index (Phi) is 6.05. The molecule has 116 valence electrons. The molecule has 1 aliphatic carbocycles. The topological polar surface area (TPSA) is 64.3 Å². The molecule has 21 heavy (non-hydrogen) atoms. The Balaban J connectivity index is 1.83. The number of amides is 1. The highest BCUT2D eigenvalue weighted by Gasteiger charge is 2.15. The standard InChI is InChI=1S/C17H26N2O2/c1-13-8-9-14(11-18)10-16(13)21-12-17(20)19-15-6-4-2-3-5-7-15/h8-10,15H,2-7,11-12,18H2,1H3,(H,19,20). The summed E-state index contributed by atoms with van der Waals surface area (Å²) < 4.78 is 5.65. The smallest absolute Gasteiger partial charge is 0.258 e. The molecule has 1 fully saturated rings. The van der Waals surface area contributed by atoms with E-state index in [1.807, 2.05) is 25.1 Å². The van der Waals surface area contributed by atoms with Crippen molar-refractivity contribution >= 4 is 5.91 Å². The van der Waals surface area contributed by atoms with Crippen LogP contribution >= 0.6 is 0 Å². The van der Waals surface area contributed by atoms with Crippen LogP contribution in [0.15, 0.2) is 18.2 Å². The monoisotopic (exact) mass is 290 g/mol. The van der Waals surface area contributed by atoms with Crippen molar-refractivity contribution in [1.82, 2.24) is 5.32 Å². The minimum absolute atomic E-state index is 0.0283. The lowest BCUT2D eigenvalue weighted by atomic mass is 10.1. The molecule has 1 amide bonds. The maximum absolute atomic E-state index is 12.0. The van der Waals surface area contributed by atoms with Gasteiger partial charge in [0.05, 0.1) is 0 Å². The number of nitrogens with one attached hydrogen (secondary N) is 1. The van der Waals surface area contributed by atoms with E-state index in [0.29, 0.717) is 12.6 Å². The number of aryl methyl sites for hydroxylation is 1. The number of benzene rings is 1. The molecule has 0 heterocycles. The van der Waals surface area contributed by atoms with Crippen LogP contribution < -0.4 is 15.8 Å². The molecule has 1 saturated carbocycles. The van der Waals surface area contributed by atoms with Gasteiger partial charge in [-0.15, -0.1) is 0 Å². The van der Waals surface area contributed by atoms with Gasteiger partial charge in [-0.05, 0) is 37.0 Å².